The van der Waals surface area contributed by atoms with E-state index in [-0.39, 0.29) is 28.3 Å². The number of aliphatic hydroxyl groups is 2. The van der Waals surface area contributed by atoms with Gasteiger partial charge in [0.25, 0.3) is 5.91 Å². The number of thioether (sulfide) groups is 1. The number of anilines is 1. The van der Waals surface area contributed by atoms with E-state index in [9.17, 15) is 28.2 Å². The molecule has 4 nitrogen and oxygen atoms in total. The zero-order chi connectivity index (χ0) is 23.9. The highest BCUT2D eigenvalue weighted by Gasteiger charge is 2.53. The number of carbonyl (C=O) groups excluding carboxylic acids is 1. The van der Waals surface area contributed by atoms with E-state index < -0.39 is 35.1 Å². The standard InChI is InChI=1S/C24H25ClF3NO3S/c1-12(30)11-24(32)14-3-4-15(24)8-17(7-14)33-21-6-13(2-5-18(21)25)23(31)29-16-9-19(26)22(28)20(27)10-16/h2,5-6,9-10,12,14-15,17,30,32H,3-4,7-8,11H2,1H3,(H,29,31)/t12?,14-,15?,17?,24?/m0/s1. The van der Waals surface area contributed by atoms with Gasteiger partial charge in [0.15, 0.2) is 17.5 Å². The summed E-state index contributed by atoms with van der Waals surface area (Å²) in [5.74, 6) is -4.76. The number of aliphatic hydroxyl groups excluding tert-OH is 1. The summed E-state index contributed by atoms with van der Waals surface area (Å²) in [6, 6.07) is 6.15. The van der Waals surface area contributed by atoms with Crippen molar-refractivity contribution in [1.29, 1.82) is 0 Å². The molecule has 0 heterocycles. The molecule has 2 fully saturated rings. The molecule has 2 aliphatic rings. The summed E-state index contributed by atoms with van der Waals surface area (Å²) in [7, 11) is 0. The average Bonchev–Trinajstić information content (AvgIpc) is 2.90. The van der Waals surface area contributed by atoms with Gasteiger partial charge < -0.3 is 15.5 Å². The van der Waals surface area contributed by atoms with Gasteiger partial charge in [0.1, 0.15) is 0 Å². The van der Waals surface area contributed by atoms with Crippen LogP contribution in [-0.2, 0) is 0 Å². The first-order valence-electron chi connectivity index (χ1n) is 10.9. The SMILES string of the molecule is CC(O)CC1(O)C2CC[C@H]1CC(Sc1cc(C(=O)Nc3cc(F)c(F)c(F)c3)ccc1Cl)C2. The highest BCUT2D eigenvalue weighted by Crippen LogP contribution is 2.55. The molecule has 4 unspecified atom stereocenters. The molecular weight excluding hydrogens is 475 g/mol. The molecule has 0 aliphatic heterocycles. The van der Waals surface area contributed by atoms with Crippen LogP contribution in [0.3, 0.4) is 0 Å². The Kier molecular flexibility index (Phi) is 7.01. The fourth-order valence-electron chi connectivity index (χ4n) is 5.26. The van der Waals surface area contributed by atoms with E-state index >= 15 is 0 Å². The monoisotopic (exact) mass is 499 g/mol. The Hall–Kier alpha value is -1.74. The minimum Gasteiger partial charge on any atom is -0.393 e. The van der Waals surface area contributed by atoms with Gasteiger partial charge in [-0.25, -0.2) is 13.2 Å². The molecule has 9 heteroatoms. The first-order valence-corrected chi connectivity index (χ1v) is 12.1. The maximum Gasteiger partial charge on any atom is 0.255 e. The van der Waals surface area contributed by atoms with Crippen molar-refractivity contribution in [3.63, 3.8) is 0 Å². The minimum absolute atomic E-state index is 0.108. The highest BCUT2D eigenvalue weighted by molar-refractivity contribution is 8.00. The van der Waals surface area contributed by atoms with Crippen LogP contribution in [0.25, 0.3) is 0 Å². The van der Waals surface area contributed by atoms with Crippen molar-refractivity contribution in [2.45, 2.75) is 60.9 Å². The smallest absolute Gasteiger partial charge is 0.255 e. The van der Waals surface area contributed by atoms with Crippen LogP contribution >= 0.6 is 23.4 Å². The Labute approximate surface area is 199 Å². The average molecular weight is 500 g/mol. The Balaban J connectivity index is 1.47. The fourth-order valence-corrected chi connectivity index (χ4v) is 6.90. The lowest BCUT2D eigenvalue weighted by atomic mass is 9.71. The third-order valence-electron chi connectivity index (χ3n) is 6.72. The number of nitrogens with one attached hydrogen (secondary N) is 1. The van der Waals surface area contributed by atoms with Gasteiger partial charge in [-0.2, -0.15) is 0 Å². The van der Waals surface area contributed by atoms with Crippen molar-refractivity contribution < 1.29 is 28.2 Å². The second-order valence-electron chi connectivity index (χ2n) is 9.08. The lowest BCUT2D eigenvalue weighted by molar-refractivity contribution is -0.0857. The largest absolute Gasteiger partial charge is 0.393 e. The van der Waals surface area contributed by atoms with E-state index in [1.54, 1.807) is 30.8 Å². The van der Waals surface area contributed by atoms with E-state index in [2.05, 4.69) is 5.32 Å². The Bertz CT molecular complexity index is 1030. The lowest BCUT2D eigenvalue weighted by Crippen LogP contribution is -2.47. The normalized spacial score (nSPS) is 27.4. The molecule has 2 aromatic carbocycles. The summed E-state index contributed by atoms with van der Waals surface area (Å²) in [6.45, 7) is 1.70. The molecule has 0 spiro atoms. The summed E-state index contributed by atoms with van der Waals surface area (Å²) >= 11 is 7.92. The molecule has 2 aliphatic carbocycles. The van der Waals surface area contributed by atoms with Crippen LogP contribution in [0.2, 0.25) is 5.02 Å². The summed E-state index contributed by atoms with van der Waals surface area (Å²) in [4.78, 5) is 13.3. The molecule has 33 heavy (non-hydrogen) atoms. The van der Waals surface area contributed by atoms with E-state index in [0.29, 0.717) is 28.5 Å². The molecule has 0 radical (unpaired) electrons. The van der Waals surface area contributed by atoms with E-state index in [0.717, 1.165) is 25.7 Å². The number of carbonyl (C=O) groups is 1. The number of benzene rings is 2. The molecule has 2 saturated carbocycles. The molecule has 4 rings (SSSR count). The van der Waals surface area contributed by atoms with Crippen molar-refractivity contribution in [3.8, 4) is 0 Å². The summed E-state index contributed by atoms with van der Waals surface area (Å²) in [6.07, 6.45) is 3.23. The number of halogens is 4. The van der Waals surface area contributed by atoms with Crippen molar-refractivity contribution in [3.05, 3.63) is 58.4 Å². The predicted octanol–water partition coefficient (Wildman–Crippen LogP) is 5.79. The molecule has 1 amide bonds. The minimum atomic E-state index is -1.60. The first-order chi connectivity index (χ1) is 15.6. The summed E-state index contributed by atoms with van der Waals surface area (Å²) in [5, 5.41) is 24.0. The quantitative estimate of drug-likeness (QED) is 0.440. The summed E-state index contributed by atoms with van der Waals surface area (Å²) in [5.41, 5.74) is -0.783. The van der Waals surface area contributed by atoms with Gasteiger partial charge >= 0.3 is 0 Å². The van der Waals surface area contributed by atoms with Gasteiger partial charge in [0.05, 0.1) is 16.7 Å². The molecule has 2 bridgehead atoms. The van der Waals surface area contributed by atoms with Crippen LogP contribution in [-0.4, -0.2) is 33.1 Å². The van der Waals surface area contributed by atoms with Gasteiger partial charge in [0.2, 0.25) is 0 Å². The number of hydrogen-bond donors (Lipinski definition) is 3. The molecule has 5 atom stereocenters. The van der Waals surface area contributed by atoms with Gasteiger partial charge in [-0.3, -0.25) is 4.79 Å². The number of fused-ring (bicyclic) bond motifs is 2. The van der Waals surface area contributed by atoms with Crippen molar-refractivity contribution in [2.75, 3.05) is 5.32 Å². The van der Waals surface area contributed by atoms with E-state index in [4.69, 9.17) is 11.6 Å². The third-order valence-corrected chi connectivity index (χ3v) is 8.47. The van der Waals surface area contributed by atoms with Crippen LogP contribution in [0.15, 0.2) is 35.2 Å². The van der Waals surface area contributed by atoms with Gasteiger partial charge in [0, 0.05) is 39.9 Å². The van der Waals surface area contributed by atoms with Crippen LogP contribution in [0.4, 0.5) is 18.9 Å². The number of hydrogen-bond acceptors (Lipinski definition) is 4. The van der Waals surface area contributed by atoms with Crippen LogP contribution in [0.1, 0.15) is 49.4 Å². The third kappa shape index (κ3) is 5.04. The lowest BCUT2D eigenvalue weighted by Gasteiger charge is -2.43. The number of amides is 1. The van der Waals surface area contributed by atoms with Gasteiger partial charge in [-0.15, -0.1) is 11.8 Å². The second kappa shape index (κ2) is 9.49. The Morgan fingerprint density at radius 3 is 2.36 bits per heavy atom. The second-order valence-corrected chi connectivity index (χ2v) is 10.8. The van der Waals surface area contributed by atoms with Crippen molar-refractivity contribution in [1.82, 2.24) is 0 Å². The summed E-state index contributed by atoms with van der Waals surface area (Å²) < 4.78 is 40.0. The Morgan fingerprint density at radius 1 is 1.18 bits per heavy atom. The van der Waals surface area contributed by atoms with Crippen LogP contribution in [0, 0.1) is 29.3 Å². The van der Waals surface area contributed by atoms with Gasteiger partial charge in [-0.05, 0) is 62.6 Å². The predicted molar refractivity (Wildman–Crippen MR) is 122 cm³/mol. The zero-order valence-corrected chi connectivity index (χ0v) is 19.5. The molecule has 0 aromatic heterocycles. The topological polar surface area (TPSA) is 69.6 Å². The van der Waals surface area contributed by atoms with E-state index in [1.807, 2.05) is 0 Å². The maximum atomic E-state index is 13.4. The van der Waals surface area contributed by atoms with Crippen LogP contribution < -0.4 is 5.32 Å². The highest BCUT2D eigenvalue weighted by atomic mass is 35.5. The van der Waals surface area contributed by atoms with Gasteiger partial charge in [-0.1, -0.05) is 11.6 Å². The molecular formula is C24H25ClF3NO3S. The zero-order valence-electron chi connectivity index (χ0n) is 18.0. The molecule has 178 valence electrons. The molecule has 2 aromatic rings. The molecule has 0 saturated heterocycles. The number of rotatable bonds is 6. The van der Waals surface area contributed by atoms with Crippen LogP contribution in [0.5, 0.6) is 0 Å². The van der Waals surface area contributed by atoms with Crippen molar-refractivity contribution >= 4 is 35.0 Å². The first kappa shape index (κ1) is 24.4. The van der Waals surface area contributed by atoms with Crippen molar-refractivity contribution in [2.24, 2.45) is 11.8 Å². The Morgan fingerprint density at radius 2 is 1.79 bits per heavy atom. The van der Waals surface area contributed by atoms with E-state index in [1.165, 1.54) is 6.07 Å². The fraction of sp³-hybridized carbons (Fsp3) is 0.458. The molecule has 3 N–H and O–H groups in total. The maximum absolute atomic E-state index is 13.4.